The number of furan rings is 1. The summed E-state index contributed by atoms with van der Waals surface area (Å²) < 4.78 is 5.36. The lowest BCUT2D eigenvalue weighted by Crippen LogP contribution is -2.45. The van der Waals surface area contributed by atoms with Crippen LogP contribution in [0.2, 0.25) is 0 Å². The molecule has 6 heteroatoms. The van der Waals surface area contributed by atoms with Gasteiger partial charge in [-0.15, -0.1) is 0 Å². The Kier molecular flexibility index (Phi) is 5.38. The Morgan fingerprint density at radius 3 is 2.62 bits per heavy atom. The van der Waals surface area contributed by atoms with Gasteiger partial charge in [-0.05, 0) is 39.1 Å². The van der Waals surface area contributed by atoms with Gasteiger partial charge >= 0.3 is 11.8 Å². The zero-order valence-corrected chi connectivity index (χ0v) is 12.6. The van der Waals surface area contributed by atoms with Gasteiger partial charge in [0.2, 0.25) is 0 Å². The fourth-order valence-corrected chi connectivity index (χ4v) is 2.61. The Hall–Kier alpha value is -1.82. The maximum atomic E-state index is 11.9. The van der Waals surface area contributed by atoms with Crippen molar-refractivity contribution in [3.05, 3.63) is 24.2 Å². The fourth-order valence-electron chi connectivity index (χ4n) is 2.61. The predicted octanol–water partition coefficient (Wildman–Crippen LogP) is 1.06. The second kappa shape index (κ2) is 7.26. The molecule has 1 aliphatic carbocycles. The van der Waals surface area contributed by atoms with Gasteiger partial charge in [0.1, 0.15) is 5.76 Å². The van der Waals surface area contributed by atoms with Crippen molar-refractivity contribution in [2.45, 2.75) is 37.8 Å². The average molecular weight is 293 g/mol. The quantitative estimate of drug-likeness (QED) is 0.796. The molecule has 1 heterocycles. The molecule has 2 N–H and O–H groups in total. The predicted molar refractivity (Wildman–Crippen MR) is 78.5 cm³/mol. The minimum atomic E-state index is -0.583. The largest absolute Gasteiger partial charge is 0.468 e. The molecular weight excluding hydrogens is 270 g/mol. The van der Waals surface area contributed by atoms with Crippen LogP contribution >= 0.6 is 0 Å². The summed E-state index contributed by atoms with van der Waals surface area (Å²) >= 11 is 0. The number of rotatable bonds is 5. The fraction of sp³-hybridized carbons (Fsp3) is 0.600. The van der Waals surface area contributed by atoms with E-state index in [2.05, 4.69) is 10.6 Å². The molecule has 0 aromatic carbocycles. The molecule has 116 valence electrons. The third kappa shape index (κ3) is 4.32. The molecule has 1 fully saturated rings. The van der Waals surface area contributed by atoms with Gasteiger partial charge in [-0.3, -0.25) is 14.5 Å². The molecule has 0 bridgehead atoms. The lowest BCUT2D eigenvalue weighted by atomic mass is 10.2. The van der Waals surface area contributed by atoms with Gasteiger partial charge in [-0.2, -0.15) is 0 Å². The molecule has 2 amide bonds. The Morgan fingerprint density at radius 1 is 1.33 bits per heavy atom. The van der Waals surface area contributed by atoms with Crippen LogP contribution in [0.1, 0.15) is 37.5 Å². The molecule has 1 aliphatic rings. The third-order valence-electron chi connectivity index (χ3n) is 3.85. The van der Waals surface area contributed by atoms with Gasteiger partial charge in [0.15, 0.2) is 0 Å². The molecule has 0 saturated heterocycles. The van der Waals surface area contributed by atoms with Crippen molar-refractivity contribution >= 4 is 11.8 Å². The zero-order valence-electron chi connectivity index (χ0n) is 12.6. The number of hydrogen-bond acceptors (Lipinski definition) is 4. The summed E-state index contributed by atoms with van der Waals surface area (Å²) in [7, 11) is 3.80. The number of hydrogen-bond donors (Lipinski definition) is 2. The van der Waals surface area contributed by atoms with E-state index in [-0.39, 0.29) is 12.1 Å². The molecule has 0 radical (unpaired) electrons. The second-order valence-corrected chi connectivity index (χ2v) is 5.66. The summed E-state index contributed by atoms with van der Waals surface area (Å²) in [5.41, 5.74) is 0. The Morgan fingerprint density at radius 2 is 2.05 bits per heavy atom. The van der Waals surface area contributed by atoms with Crippen molar-refractivity contribution in [2.24, 2.45) is 0 Å². The smallest absolute Gasteiger partial charge is 0.309 e. The minimum absolute atomic E-state index is 0.0942. The number of likely N-dealkylation sites (N-methyl/N-ethyl adjacent to an activating group) is 1. The molecule has 0 aliphatic heterocycles. The van der Waals surface area contributed by atoms with Gasteiger partial charge in [-0.1, -0.05) is 12.8 Å². The number of carbonyl (C=O) groups excluding carboxylic acids is 2. The van der Waals surface area contributed by atoms with Crippen LogP contribution in [0.5, 0.6) is 0 Å². The van der Waals surface area contributed by atoms with E-state index < -0.39 is 11.8 Å². The molecule has 2 rings (SSSR count). The van der Waals surface area contributed by atoms with E-state index >= 15 is 0 Å². The van der Waals surface area contributed by atoms with Crippen LogP contribution in [-0.4, -0.2) is 43.4 Å². The number of nitrogens with zero attached hydrogens (tertiary/aromatic N) is 1. The highest BCUT2D eigenvalue weighted by atomic mass is 16.3. The van der Waals surface area contributed by atoms with Crippen LogP contribution < -0.4 is 10.6 Å². The van der Waals surface area contributed by atoms with Crippen LogP contribution in [0, 0.1) is 0 Å². The summed E-state index contributed by atoms with van der Waals surface area (Å²) in [5, 5.41) is 5.45. The van der Waals surface area contributed by atoms with Crippen LogP contribution in [-0.2, 0) is 9.59 Å². The summed E-state index contributed by atoms with van der Waals surface area (Å²) in [6, 6.07) is 3.72. The van der Waals surface area contributed by atoms with Crippen LogP contribution in [0.4, 0.5) is 0 Å². The van der Waals surface area contributed by atoms with Crippen molar-refractivity contribution in [1.29, 1.82) is 0 Å². The monoisotopic (exact) mass is 293 g/mol. The van der Waals surface area contributed by atoms with E-state index in [4.69, 9.17) is 4.42 Å². The van der Waals surface area contributed by atoms with Crippen molar-refractivity contribution in [3.8, 4) is 0 Å². The van der Waals surface area contributed by atoms with Crippen LogP contribution in [0.25, 0.3) is 0 Å². The van der Waals surface area contributed by atoms with Crippen molar-refractivity contribution < 1.29 is 14.0 Å². The number of amides is 2. The van der Waals surface area contributed by atoms with E-state index in [1.807, 2.05) is 25.1 Å². The number of nitrogens with one attached hydrogen (secondary N) is 2. The molecule has 0 spiro atoms. The van der Waals surface area contributed by atoms with Gasteiger partial charge in [-0.25, -0.2) is 0 Å². The van der Waals surface area contributed by atoms with E-state index in [0.29, 0.717) is 6.54 Å². The maximum Gasteiger partial charge on any atom is 0.309 e. The van der Waals surface area contributed by atoms with E-state index in [1.54, 1.807) is 12.3 Å². The van der Waals surface area contributed by atoms with Gasteiger partial charge in [0.05, 0.1) is 12.3 Å². The summed E-state index contributed by atoms with van der Waals surface area (Å²) in [6.07, 6.45) is 5.76. The zero-order chi connectivity index (χ0) is 15.2. The van der Waals surface area contributed by atoms with Crippen LogP contribution in [0.3, 0.4) is 0 Å². The van der Waals surface area contributed by atoms with Gasteiger partial charge in [0, 0.05) is 12.6 Å². The first-order valence-corrected chi connectivity index (χ1v) is 7.36. The Balaban J connectivity index is 1.82. The first-order chi connectivity index (χ1) is 10.1. The minimum Gasteiger partial charge on any atom is -0.468 e. The first kappa shape index (κ1) is 15.6. The summed E-state index contributed by atoms with van der Waals surface area (Å²) in [6.45, 7) is 0.331. The molecule has 21 heavy (non-hydrogen) atoms. The van der Waals surface area contributed by atoms with E-state index in [1.165, 1.54) is 0 Å². The topological polar surface area (TPSA) is 74.6 Å². The molecular formula is C15H23N3O3. The molecule has 0 unspecified atom stereocenters. The molecule has 1 saturated carbocycles. The molecule has 1 atom stereocenters. The summed E-state index contributed by atoms with van der Waals surface area (Å²) in [4.78, 5) is 25.6. The van der Waals surface area contributed by atoms with E-state index in [0.717, 1.165) is 31.4 Å². The van der Waals surface area contributed by atoms with Gasteiger partial charge in [0.25, 0.3) is 0 Å². The standard InChI is InChI=1S/C15H23N3O3/c1-18(2)12(13-8-5-9-21-13)10-16-14(19)15(20)17-11-6-3-4-7-11/h5,8-9,11-12H,3-4,6-7,10H2,1-2H3,(H,16,19)(H,17,20)/t12-/m0/s1. The normalized spacial score (nSPS) is 16.9. The highest BCUT2D eigenvalue weighted by Crippen LogP contribution is 2.18. The Bertz CT molecular complexity index is 465. The molecule has 6 nitrogen and oxygen atoms in total. The summed E-state index contributed by atoms with van der Waals surface area (Å²) in [5.74, 6) is -0.365. The van der Waals surface area contributed by atoms with Crippen molar-refractivity contribution in [2.75, 3.05) is 20.6 Å². The van der Waals surface area contributed by atoms with Crippen molar-refractivity contribution in [3.63, 3.8) is 0 Å². The lowest BCUT2D eigenvalue weighted by molar-refractivity contribution is -0.139. The van der Waals surface area contributed by atoms with E-state index in [9.17, 15) is 9.59 Å². The lowest BCUT2D eigenvalue weighted by Gasteiger charge is -2.22. The Labute approximate surface area is 124 Å². The SMILES string of the molecule is CN(C)[C@@H](CNC(=O)C(=O)NC1CCCC1)c1ccco1. The second-order valence-electron chi connectivity index (χ2n) is 5.66. The van der Waals surface area contributed by atoms with Crippen molar-refractivity contribution in [1.82, 2.24) is 15.5 Å². The number of carbonyl (C=O) groups is 2. The maximum absolute atomic E-state index is 11.9. The highest BCUT2D eigenvalue weighted by Gasteiger charge is 2.23. The van der Waals surface area contributed by atoms with Gasteiger partial charge < -0.3 is 15.1 Å². The first-order valence-electron chi connectivity index (χ1n) is 7.36. The molecule has 1 aromatic heterocycles. The third-order valence-corrected chi connectivity index (χ3v) is 3.85. The highest BCUT2D eigenvalue weighted by molar-refractivity contribution is 6.35. The average Bonchev–Trinajstić information content (AvgIpc) is 3.11. The molecule has 1 aromatic rings. The van der Waals surface area contributed by atoms with Crippen LogP contribution in [0.15, 0.2) is 22.8 Å².